The van der Waals surface area contributed by atoms with Gasteiger partial charge in [-0.1, -0.05) is 54.6 Å². The van der Waals surface area contributed by atoms with Crippen molar-refractivity contribution in [2.75, 3.05) is 0 Å². The van der Waals surface area contributed by atoms with Crippen molar-refractivity contribution in [2.24, 2.45) is 0 Å². The summed E-state index contributed by atoms with van der Waals surface area (Å²) in [7, 11) is 0. The van der Waals surface area contributed by atoms with E-state index in [1.54, 1.807) is 36.7 Å². The summed E-state index contributed by atoms with van der Waals surface area (Å²) in [5.41, 5.74) is 2.80. The molecule has 0 bridgehead atoms. The molecule has 0 saturated carbocycles. The van der Waals surface area contributed by atoms with Gasteiger partial charge in [0.05, 0.1) is 5.56 Å². The van der Waals surface area contributed by atoms with Gasteiger partial charge in [-0.2, -0.15) is 0 Å². The fraction of sp³-hybridized carbons (Fsp3) is 0.0333. The standard InChI is InChI=1S/C30H22N2O4/c33-30(34)26-8-2-1-7-25(26)29(21-11-15-23(16-12-21)35-27-9-3-5-19-31-27)22-13-17-24(18-14-22)36-28-10-4-6-20-32-28/h1-20,29H,(H,33,34). The van der Waals surface area contributed by atoms with Gasteiger partial charge in [-0.05, 0) is 59.2 Å². The maximum atomic E-state index is 12.0. The Hall–Kier alpha value is -4.97. The molecule has 6 nitrogen and oxygen atoms in total. The molecule has 5 rings (SSSR count). The van der Waals surface area contributed by atoms with E-state index in [2.05, 4.69) is 9.97 Å². The Balaban J connectivity index is 1.49. The van der Waals surface area contributed by atoms with E-state index in [0.717, 1.165) is 11.1 Å². The van der Waals surface area contributed by atoms with Crippen LogP contribution in [0.2, 0.25) is 0 Å². The first-order valence-electron chi connectivity index (χ1n) is 11.4. The predicted molar refractivity (Wildman–Crippen MR) is 136 cm³/mol. The first-order valence-corrected chi connectivity index (χ1v) is 11.4. The number of ether oxygens (including phenoxy) is 2. The number of carboxylic acids is 1. The number of hydrogen-bond acceptors (Lipinski definition) is 5. The smallest absolute Gasteiger partial charge is 0.335 e. The van der Waals surface area contributed by atoms with Crippen molar-refractivity contribution in [3.63, 3.8) is 0 Å². The molecule has 0 atom stereocenters. The molecule has 0 radical (unpaired) electrons. The van der Waals surface area contributed by atoms with E-state index in [-0.39, 0.29) is 11.5 Å². The van der Waals surface area contributed by atoms with Crippen LogP contribution in [-0.2, 0) is 0 Å². The van der Waals surface area contributed by atoms with Gasteiger partial charge in [0.25, 0.3) is 0 Å². The largest absolute Gasteiger partial charge is 0.478 e. The summed E-state index contributed by atoms with van der Waals surface area (Å²) in [4.78, 5) is 20.4. The van der Waals surface area contributed by atoms with Gasteiger partial charge in [-0.15, -0.1) is 0 Å². The highest BCUT2D eigenvalue weighted by Crippen LogP contribution is 2.36. The molecule has 0 fully saturated rings. The molecule has 0 aliphatic carbocycles. The third kappa shape index (κ3) is 5.23. The van der Waals surface area contributed by atoms with Gasteiger partial charge in [-0.25, -0.2) is 14.8 Å². The summed E-state index contributed by atoms with van der Waals surface area (Å²) >= 11 is 0. The van der Waals surface area contributed by atoms with Crippen LogP contribution in [0, 0.1) is 0 Å². The first kappa shape index (κ1) is 22.8. The van der Waals surface area contributed by atoms with Gasteiger partial charge in [-0.3, -0.25) is 0 Å². The monoisotopic (exact) mass is 474 g/mol. The van der Waals surface area contributed by atoms with Crippen molar-refractivity contribution < 1.29 is 19.4 Å². The lowest BCUT2D eigenvalue weighted by molar-refractivity contribution is 0.0695. The van der Waals surface area contributed by atoms with Crippen LogP contribution in [0.5, 0.6) is 23.3 Å². The molecule has 0 unspecified atom stereocenters. The normalized spacial score (nSPS) is 10.7. The van der Waals surface area contributed by atoms with E-state index in [1.165, 1.54) is 0 Å². The zero-order valence-electron chi connectivity index (χ0n) is 19.2. The first-order chi connectivity index (χ1) is 17.7. The predicted octanol–water partition coefficient (Wildman–Crippen LogP) is 6.94. The van der Waals surface area contributed by atoms with E-state index in [0.29, 0.717) is 28.8 Å². The number of rotatable bonds is 8. The lowest BCUT2D eigenvalue weighted by Gasteiger charge is -2.21. The SMILES string of the molecule is O=C(O)c1ccccc1C(c1ccc(Oc2ccccn2)cc1)c1ccc(Oc2ccccn2)cc1. The van der Waals surface area contributed by atoms with Gasteiger partial charge >= 0.3 is 5.97 Å². The van der Waals surface area contributed by atoms with E-state index in [9.17, 15) is 9.90 Å². The molecule has 6 heteroatoms. The van der Waals surface area contributed by atoms with E-state index < -0.39 is 5.97 Å². The number of hydrogen-bond donors (Lipinski definition) is 1. The molecule has 0 spiro atoms. The minimum atomic E-state index is -0.971. The van der Waals surface area contributed by atoms with Crippen LogP contribution >= 0.6 is 0 Å². The van der Waals surface area contributed by atoms with Crippen molar-refractivity contribution in [3.05, 3.63) is 144 Å². The van der Waals surface area contributed by atoms with Crippen LogP contribution < -0.4 is 9.47 Å². The topological polar surface area (TPSA) is 81.5 Å². The molecule has 2 aromatic heterocycles. The minimum Gasteiger partial charge on any atom is -0.478 e. The Morgan fingerprint density at radius 2 is 1.08 bits per heavy atom. The number of benzene rings is 3. The van der Waals surface area contributed by atoms with Crippen LogP contribution in [-0.4, -0.2) is 21.0 Å². The fourth-order valence-electron chi connectivity index (χ4n) is 4.01. The van der Waals surface area contributed by atoms with Crippen LogP contribution in [0.15, 0.2) is 122 Å². The Labute approximate surface area is 208 Å². The lowest BCUT2D eigenvalue weighted by atomic mass is 9.83. The van der Waals surface area contributed by atoms with Crippen LogP contribution in [0.4, 0.5) is 0 Å². The van der Waals surface area contributed by atoms with E-state index >= 15 is 0 Å². The molecule has 5 aromatic rings. The molecule has 0 amide bonds. The molecular formula is C30H22N2O4. The lowest BCUT2D eigenvalue weighted by Crippen LogP contribution is -2.10. The zero-order chi connectivity index (χ0) is 24.7. The van der Waals surface area contributed by atoms with Crippen LogP contribution in [0.1, 0.15) is 33.0 Å². The maximum absolute atomic E-state index is 12.0. The average Bonchev–Trinajstić information content (AvgIpc) is 2.92. The highest BCUT2D eigenvalue weighted by Gasteiger charge is 2.22. The van der Waals surface area contributed by atoms with Gasteiger partial charge in [0.2, 0.25) is 11.8 Å². The van der Waals surface area contributed by atoms with E-state index in [1.807, 2.05) is 84.9 Å². The van der Waals surface area contributed by atoms with Gasteiger partial charge < -0.3 is 14.6 Å². The second kappa shape index (κ2) is 10.5. The summed E-state index contributed by atoms with van der Waals surface area (Å²) in [6, 6.07) is 33.2. The average molecular weight is 475 g/mol. The summed E-state index contributed by atoms with van der Waals surface area (Å²) < 4.78 is 11.7. The molecule has 0 aliphatic rings. The van der Waals surface area contributed by atoms with Crippen molar-refractivity contribution >= 4 is 5.97 Å². The quantitative estimate of drug-likeness (QED) is 0.245. The number of pyridine rings is 2. The molecule has 0 aliphatic heterocycles. The number of aromatic nitrogens is 2. The van der Waals surface area contributed by atoms with Gasteiger partial charge in [0.15, 0.2) is 0 Å². The molecule has 176 valence electrons. The Kier molecular flexibility index (Phi) is 6.67. The third-order valence-corrected chi connectivity index (χ3v) is 5.65. The molecular weight excluding hydrogens is 452 g/mol. The second-order valence-electron chi connectivity index (χ2n) is 8.00. The highest BCUT2D eigenvalue weighted by atomic mass is 16.5. The van der Waals surface area contributed by atoms with Crippen molar-refractivity contribution in [1.82, 2.24) is 9.97 Å². The highest BCUT2D eigenvalue weighted by molar-refractivity contribution is 5.90. The van der Waals surface area contributed by atoms with Crippen LogP contribution in [0.3, 0.4) is 0 Å². The maximum Gasteiger partial charge on any atom is 0.335 e. The van der Waals surface area contributed by atoms with Crippen molar-refractivity contribution in [1.29, 1.82) is 0 Å². The van der Waals surface area contributed by atoms with Crippen molar-refractivity contribution in [2.45, 2.75) is 5.92 Å². The molecule has 1 N–H and O–H groups in total. The summed E-state index contributed by atoms with van der Waals surface area (Å²) in [5.74, 6) is 0.998. The summed E-state index contributed by atoms with van der Waals surface area (Å²) in [6.07, 6.45) is 3.34. The van der Waals surface area contributed by atoms with Crippen molar-refractivity contribution in [3.8, 4) is 23.3 Å². The number of nitrogens with zero attached hydrogens (tertiary/aromatic N) is 2. The minimum absolute atomic E-state index is 0.255. The summed E-state index contributed by atoms with van der Waals surface area (Å²) in [5, 5.41) is 9.87. The number of aromatic carboxylic acids is 1. The fourth-order valence-corrected chi connectivity index (χ4v) is 4.01. The Morgan fingerprint density at radius 3 is 1.53 bits per heavy atom. The van der Waals surface area contributed by atoms with Gasteiger partial charge in [0, 0.05) is 30.4 Å². The number of carbonyl (C=O) groups is 1. The van der Waals surface area contributed by atoms with E-state index in [4.69, 9.17) is 9.47 Å². The van der Waals surface area contributed by atoms with Gasteiger partial charge in [0.1, 0.15) is 11.5 Å². The van der Waals surface area contributed by atoms with Crippen LogP contribution in [0.25, 0.3) is 0 Å². The molecule has 3 aromatic carbocycles. The molecule has 0 saturated heterocycles. The number of carboxylic acid groups (broad SMARTS) is 1. The molecule has 36 heavy (non-hydrogen) atoms. The second-order valence-corrected chi connectivity index (χ2v) is 8.00. The Bertz CT molecular complexity index is 1350. The molecule has 2 heterocycles. The summed E-state index contributed by atoms with van der Waals surface area (Å²) in [6.45, 7) is 0. The third-order valence-electron chi connectivity index (χ3n) is 5.65. The zero-order valence-corrected chi connectivity index (χ0v) is 19.2. The Morgan fingerprint density at radius 1 is 0.611 bits per heavy atom.